The Morgan fingerprint density at radius 2 is 1.55 bits per heavy atom. The van der Waals surface area contributed by atoms with Crippen LogP contribution >= 0.6 is 0 Å². The fourth-order valence-electron chi connectivity index (χ4n) is 4.65. The SMILES string of the molecule is CCN1CCN(C2=C(c3ccc(OC(C)C)cc3)C(=O)N(CCN3CCOCC3)C2=O)CC1. The first-order chi connectivity index (χ1) is 16.0. The van der Waals surface area contributed by atoms with Gasteiger partial charge in [-0.05, 0) is 38.1 Å². The molecule has 0 bridgehead atoms. The van der Waals surface area contributed by atoms with Gasteiger partial charge in [0.1, 0.15) is 11.4 Å². The van der Waals surface area contributed by atoms with Gasteiger partial charge < -0.3 is 19.3 Å². The van der Waals surface area contributed by atoms with E-state index in [1.807, 2.05) is 38.1 Å². The third-order valence-electron chi connectivity index (χ3n) is 6.54. The fourth-order valence-corrected chi connectivity index (χ4v) is 4.65. The molecule has 8 heteroatoms. The van der Waals surface area contributed by atoms with Crippen LogP contribution in [0, 0.1) is 0 Å². The second kappa shape index (κ2) is 10.7. The number of imide groups is 1. The van der Waals surface area contributed by atoms with Gasteiger partial charge in [-0.1, -0.05) is 19.1 Å². The molecule has 0 unspecified atom stereocenters. The van der Waals surface area contributed by atoms with Gasteiger partial charge in [-0.2, -0.15) is 0 Å². The lowest BCUT2D eigenvalue weighted by molar-refractivity contribution is -0.138. The Morgan fingerprint density at radius 1 is 0.879 bits per heavy atom. The van der Waals surface area contributed by atoms with Crippen molar-refractivity contribution in [3.63, 3.8) is 0 Å². The maximum Gasteiger partial charge on any atom is 0.277 e. The molecule has 0 saturated carbocycles. The molecule has 180 valence electrons. The second-order valence-electron chi connectivity index (χ2n) is 9.05. The Labute approximate surface area is 196 Å². The monoisotopic (exact) mass is 456 g/mol. The minimum atomic E-state index is -0.196. The zero-order chi connectivity index (χ0) is 23.4. The van der Waals surface area contributed by atoms with Gasteiger partial charge in [-0.25, -0.2) is 0 Å². The van der Waals surface area contributed by atoms with Crippen LogP contribution in [-0.2, 0) is 14.3 Å². The Morgan fingerprint density at radius 3 is 2.15 bits per heavy atom. The van der Waals surface area contributed by atoms with Gasteiger partial charge in [0.05, 0.1) is 24.9 Å². The second-order valence-corrected chi connectivity index (χ2v) is 9.05. The maximum absolute atomic E-state index is 13.6. The molecule has 0 N–H and O–H groups in total. The van der Waals surface area contributed by atoms with Crippen LogP contribution in [0.15, 0.2) is 30.0 Å². The lowest BCUT2D eigenvalue weighted by Gasteiger charge is -2.36. The molecule has 2 amide bonds. The van der Waals surface area contributed by atoms with E-state index in [0.717, 1.165) is 57.1 Å². The number of likely N-dealkylation sites (N-methyl/N-ethyl adjacent to an activating group) is 1. The summed E-state index contributed by atoms with van der Waals surface area (Å²) in [7, 11) is 0. The molecule has 3 heterocycles. The van der Waals surface area contributed by atoms with Crippen molar-refractivity contribution < 1.29 is 19.1 Å². The molecule has 2 saturated heterocycles. The third-order valence-corrected chi connectivity index (χ3v) is 6.54. The molecule has 0 aliphatic carbocycles. The predicted octanol–water partition coefficient (Wildman–Crippen LogP) is 1.52. The minimum absolute atomic E-state index is 0.0749. The van der Waals surface area contributed by atoms with Crippen molar-refractivity contribution in [2.45, 2.75) is 26.9 Å². The molecular formula is C25H36N4O4. The molecule has 33 heavy (non-hydrogen) atoms. The minimum Gasteiger partial charge on any atom is -0.491 e. The Hall–Kier alpha value is -2.42. The van der Waals surface area contributed by atoms with Crippen LogP contribution in [0.2, 0.25) is 0 Å². The van der Waals surface area contributed by atoms with Crippen molar-refractivity contribution in [3.8, 4) is 5.75 Å². The Kier molecular flexibility index (Phi) is 7.67. The van der Waals surface area contributed by atoms with E-state index in [0.29, 0.717) is 37.6 Å². The number of piperazine rings is 1. The molecular weight excluding hydrogens is 420 g/mol. The molecule has 1 aromatic rings. The van der Waals surface area contributed by atoms with Crippen molar-refractivity contribution in [3.05, 3.63) is 35.5 Å². The van der Waals surface area contributed by atoms with Crippen LogP contribution in [0.3, 0.4) is 0 Å². The topological polar surface area (TPSA) is 65.6 Å². The van der Waals surface area contributed by atoms with Gasteiger partial charge in [0.2, 0.25) is 0 Å². The van der Waals surface area contributed by atoms with E-state index in [-0.39, 0.29) is 17.9 Å². The van der Waals surface area contributed by atoms with Gasteiger partial charge in [-0.3, -0.25) is 19.4 Å². The van der Waals surface area contributed by atoms with Crippen molar-refractivity contribution in [2.24, 2.45) is 0 Å². The predicted molar refractivity (Wildman–Crippen MR) is 127 cm³/mol. The highest BCUT2D eigenvalue weighted by atomic mass is 16.5. The zero-order valence-electron chi connectivity index (χ0n) is 20.1. The molecule has 8 nitrogen and oxygen atoms in total. The average molecular weight is 457 g/mol. The Balaban J connectivity index is 1.58. The number of carbonyl (C=O) groups is 2. The van der Waals surface area contributed by atoms with Crippen LogP contribution in [-0.4, -0.2) is 110 Å². The fraction of sp³-hybridized carbons (Fsp3) is 0.600. The molecule has 0 spiro atoms. The highest BCUT2D eigenvalue weighted by Gasteiger charge is 2.42. The first kappa shape index (κ1) is 23.7. The number of benzene rings is 1. The van der Waals surface area contributed by atoms with Crippen LogP contribution in [0.4, 0.5) is 0 Å². The van der Waals surface area contributed by atoms with Gasteiger partial charge in [0.25, 0.3) is 11.8 Å². The first-order valence-electron chi connectivity index (χ1n) is 12.1. The zero-order valence-corrected chi connectivity index (χ0v) is 20.1. The van der Waals surface area contributed by atoms with Crippen LogP contribution in [0.25, 0.3) is 5.57 Å². The number of nitrogens with zero attached hydrogens (tertiary/aromatic N) is 4. The van der Waals surface area contributed by atoms with Crippen LogP contribution < -0.4 is 4.74 Å². The van der Waals surface area contributed by atoms with E-state index in [1.165, 1.54) is 4.90 Å². The highest BCUT2D eigenvalue weighted by molar-refractivity contribution is 6.35. The van der Waals surface area contributed by atoms with E-state index in [4.69, 9.17) is 9.47 Å². The summed E-state index contributed by atoms with van der Waals surface area (Å²) in [6.45, 7) is 14.5. The van der Waals surface area contributed by atoms with Crippen molar-refractivity contribution in [1.29, 1.82) is 0 Å². The average Bonchev–Trinajstić information content (AvgIpc) is 3.08. The standard InChI is InChI=1S/C25H36N4O4/c1-4-26-9-12-28(13-10-26)23-22(20-5-7-21(8-6-20)33-19(2)3)24(30)29(25(23)31)14-11-27-15-17-32-18-16-27/h5-8,19H,4,9-18H2,1-3H3. The molecule has 3 aliphatic rings. The van der Waals surface area contributed by atoms with Crippen LogP contribution in [0.5, 0.6) is 5.75 Å². The number of morpholine rings is 1. The van der Waals surface area contributed by atoms with E-state index < -0.39 is 0 Å². The number of rotatable bonds is 8. The first-order valence-corrected chi connectivity index (χ1v) is 12.1. The van der Waals surface area contributed by atoms with Crippen LogP contribution in [0.1, 0.15) is 26.3 Å². The largest absolute Gasteiger partial charge is 0.491 e. The van der Waals surface area contributed by atoms with Gasteiger partial charge in [0, 0.05) is 52.4 Å². The van der Waals surface area contributed by atoms with Crippen molar-refractivity contribution in [2.75, 3.05) is 72.1 Å². The lowest BCUT2D eigenvalue weighted by Crippen LogP contribution is -2.48. The van der Waals surface area contributed by atoms with E-state index >= 15 is 0 Å². The summed E-state index contributed by atoms with van der Waals surface area (Å²) in [5.74, 6) is 0.392. The molecule has 4 rings (SSSR count). The molecule has 3 aliphatic heterocycles. The molecule has 0 atom stereocenters. The maximum atomic E-state index is 13.6. The number of ether oxygens (including phenoxy) is 2. The third kappa shape index (κ3) is 5.39. The van der Waals surface area contributed by atoms with Crippen molar-refractivity contribution >= 4 is 17.4 Å². The lowest BCUT2D eigenvalue weighted by atomic mass is 10.0. The number of hydrogen-bond donors (Lipinski definition) is 0. The summed E-state index contributed by atoms with van der Waals surface area (Å²) in [5, 5.41) is 0. The summed E-state index contributed by atoms with van der Waals surface area (Å²) in [5.41, 5.74) is 1.84. The summed E-state index contributed by atoms with van der Waals surface area (Å²) in [6, 6.07) is 7.55. The Bertz CT molecular complexity index is 869. The molecule has 2 fully saturated rings. The van der Waals surface area contributed by atoms with E-state index in [2.05, 4.69) is 21.6 Å². The summed E-state index contributed by atoms with van der Waals surface area (Å²) in [4.78, 5) is 35.3. The van der Waals surface area contributed by atoms with Gasteiger partial charge in [-0.15, -0.1) is 0 Å². The van der Waals surface area contributed by atoms with Gasteiger partial charge >= 0.3 is 0 Å². The van der Waals surface area contributed by atoms with E-state index in [1.54, 1.807) is 0 Å². The number of hydrogen-bond acceptors (Lipinski definition) is 7. The highest BCUT2D eigenvalue weighted by Crippen LogP contribution is 2.33. The molecule has 0 radical (unpaired) electrons. The molecule has 1 aromatic carbocycles. The van der Waals surface area contributed by atoms with E-state index in [9.17, 15) is 9.59 Å². The summed E-state index contributed by atoms with van der Waals surface area (Å²) >= 11 is 0. The summed E-state index contributed by atoms with van der Waals surface area (Å²) in [6.07, 6.45) is 0.0749. The summed E-state index contributed by atoms with van der Waals surface area (Å²) < 4.78 is 11.2. The smallest absolute Gasteiger partial charge is 0.277 e. The molecule has 0 aromatic heterocycles. The number of carbonyl (C=O) groups excluding carboxylic acids is 2. The number of amides is 2. The quantitative estimate of drug-likeness (QED) is 0.550. The normalized spacial score (nSPS) is 21.0. The van der Waals surface area contributed by atoms with Gasteiger partial charge in [0.15, 0.2) is 0 Å². The van der Waals surface area contributed by atoms with Crippen molar-refractivity contribution in [1.82, 2.24) is 19.6 Å².